The Hall–Kier alpha value is -1.59. The Kier molecular flexibility index (Phi) is 3.65. The van der Waals surface area contributed by atoms with Crippen LogP contribution in [0.15, 0.2) is 0 Å². The molecule has 0 heterocycles. The highest BCUT2D eigenvalue weighted by Crippen LogP contribution is 1.87. The number of rotatable bonds is 4. The number of carboxylic acids is 1. The molecule has 0 aliphatic heterocycles. The molecule has 0 saturated heterocycles. The molecule has 0 aliphatic rings. The molecule has 1 amide bonds. The van der Waals surface area contributed by atoms with Gasteiger partial charge in [-0.05, 0) is 0 Å². The lowest BCUT2D eigenvalue weighted by Gasteiger charge is -2.05. The standard InChI is InChI=1S/C5H7NO5/c7-2-3(1-4(8)9)6-5(10)11/h2-3,6H,1H2,(H,8,9)(H,10,11)/t3-/m0/s1. The Morgan fingerprint density at radius 2 is 2.00 bits per heavy atom. The second-order valence-corrected chi connectivity index (χ2v) is 1.79. The van der Waals surface area contributed by atoms with E-state index in [1.807, 2.05) is 0 Å². The maximum atomic E-state index is 9.99. The number of carbonyl (C=O) groups excluding carboxylic acids is 1. The number of amides is 1. The molecule has 0 spiro atoms. The predicted octanol–water partition coefficient (Wildman–Crippen LogP) is -0.704. The lowest BCUT2D eigenvalue weighted by Crippen LogP contribution is -2.36. The van der Waals surface area contributed by atoms with Crippen LogP contribution in [0.2, 0.25) is 0 Å². The smallest absolute Gasteiger partial charge is 0.405 e. The van der Waals surface area contributed by atoms with Gasteiger partial charge in [-0.25, -0.2) is 4.79 Å². The molecule has 62 valence electrons. The van der Waals surface area contributed by atoms with Crippen molar-refractivity contribution in [2.24, 2.45) is 0 Å². The van der Waals surface area contributed by atoms with Crippen LogP contribution >= 0.6 is 0 Å². The molecule has 6 nitrogen and oxygen atoms in total. The maximum Gasteiger partial charge on any atom is 0.405 e. The average Bonchev–Trinajstić information content (AvgIpc) is 1.84. The molecule has 0 aliphatic carbocycles. The number of hydrogen-bond donors (Lipinski definition) is 3. The summed E-state index contributed by atoms with van der Waals surface area (Å²) in [6.45, 7) is 0. The van der Waals surface area contributed by atoms with E-state index in [0.29, 0.717) is 0 Å². The number of aldehydes is 1. The zero-order valence-corrected chi connectivity index (χ0v) is 5.48. The van der Waals surface area contributed by atoms with Crippen LogP contribution in [0.1, 0.15) is 6.42 Å². The van der Waals surface area contributed by atoms with Crippen LogP contribution < -0.4 is 5.32 Å². The number of nitrogens with one attached hydrogen (secondary N) is 1. The molecule has 11 heavy (non-hydrogen) atoms. The fraction of sp³-hybridized carbons (Fsp3) is 0.400. The SMILES string of the molecule is O=C[C@H](CC(=O)O)NC(=O)O. The first kappa shape index (κ1) is 9.41. The van der Waals surface area contributed by atoms with Crippen molar-refractivity contribution in [3.8, 4) is 0 Å². The number of hydrogen-bond acceptors (Lipinski definition) is 3. The molecule has 1 atom stereocenters. The summed E-state index contributed by atoms with van der Waals surface area (Å²) in [5, 5.41) is 17.9. The van der Waals surface area contributed by atoms with E-state index in [0.717, 1.165) is 0 Å². The van der Waals surface area contributed by atoms with Crippen LogP contribution in [0.5, 0.6) is 0 Å². The molecule has 0 aromatic rings. The van der Waals surface area contributed by atoms with Crippen molar-refractivity contribution in [3.05, 3.63) is 0 Å². The van der Waals surface area contributed by atoms with Crippen molar-refractivity contribution in [1.82, 2.24) is 5.32 Å². The molecule has 0 bridgehead atoms. The second kappa shape index (κ2) is 4.26. The maximum absolute atomic E-state index is 9.99. The summed E-state index contributed by atoms with van der Waals surface area (Å²) >= 11 is 0. The van der Waals surface area contributed by atoms with Crippen molar-refractivity contribution in [2.45, 2.75) is 12.5 Å². The first-order valence-electron chi connectivity index (χ1n) is 2.72. The van der Waals surface area contributed by atoms with Gasteiger partial charge in [-0.1, -0.05) is 0 Å². The fourth-order valence-electron chi connectivity index (χ4n) is 0.480. The zero-order chi connectivity index (χ0) is 8.85. The molecule has 0 saturated carbocycles. The molecule has 3 N–H and O–H groups in total. The highest BCUT2D eigenvalue weighted by molar-refractivity contribution is 5.77. The van der Waals surface area contributed by atoms with Crippen LogP contribution in [0, 0.1) is 0 Å². The van der Waals surface area contributed by atoms with Gasteiger partial charge in [0, 0.05) is 0 Å². The van der Waals surface area contributed by atoms with E-state index >= 15 is 0 Å². The average molecular weight is 161 g/mol. The van der Waals surface area contributed by atoms with E-state index in [1.165, 1.54) is 0 Å². The fourth-order valence-corrected chi connectivity index (χ4v) is 0.480. The van der Waals surface area contributed by atoms with Crippen molar-refractivity contribution >= 4 is 18.3 Å². The van der Waals surface area contributed by atoms with Gasteiger partial charge in [0.15, 0.2) is 0 Å². The molecule has 0 aromatic heterocycles. The van der Waals surface area contributed by atoms with Gasteiger partial charge in [0.25, 0.3) is 0 Å². The van der Waals surface area contributed by atoms with E-state index in [1.54, 1.807) is 5.32 Å². The predicted molar refractivity (Wildman–Crippen MR) is 33.3 cm³/mol. The van der Waals surface area contributed by atoms with Gasteiger partial charge in [-0.2, -0.15) is 0 Å². The van der Waals surface area contributed by atoms with Crippen LogP contribution in [0.3, 0.4) is 0 Å². The van der Waals surface area contributed by atoms with Gasteiger partial charge in [-0.3, -0.25) is 4.79 Å². The first-order chi connectivity index (χ1) is 5.06. The molecular weight excluding hydrogens is 154 g/mol. The minimum atomic E-state index is -1.41. The van der Waals surface area contributed by atoms with E-state index in [-0.39, 0.29) is 6.29 Å². The monoisotopic (exact) mass is 161 g/mol. The largest absolute Gasteiger partial charge is 0.481 e. The van der Waals surface area contributed by atoms with Crippen molar-refractivity contribution in [3.63, 3.8) is 0 Å². The third-order valence-electron chi connectivity index (χ3n) is 0.868. The molecule has 0 fully saturated rings. The molecule has 0 rings (SSSR count). The minimum Gasteiger partial charge on any atom is -0.481 e. The summed E-state index contributed by atoms with van der Waals surface area (Å²) < 4.78 is 0. The van der Waals surface area contributed by atoms with E-state index < -0.39 is 24.5 Å². The molecule has 6 heteroatoms. The third-order valence-corrected chi connectivity index (χ3v) is 0.868. The summed E-state index contributed by atoms with van der Waals surface area (Å²) in [4.78, 5) is 29.8. The Morgan fingerprint density at radius 3 is 2.27 bits per heavy atom. The lowest BCUT2D eigenvalue weighted by atomic mass is 10.2. The van der Waals surface area contributed by atoms with E-state index in [4.69, 9.17) is 10.2 Å². The Labute approximate surface area is 61.8 Å². The summed E-state index contributed by atoms with van der Waals surface area (Å²) in [7, 11) is 0. The normalized spacial score (nSPS) is 11.6. The highest BCUT2D eigenvalue weighted by Gasteiger charge is 2.13. The van der Waals surface area contributed by atoms with Crippen molar-refractivity contribution in [2.75, 3.05) is 0 Å². The molecular formula is C5H7NO5. The molecule has 0 aromatic carbocycles. The summed E-state index contributed by atoms with van der Waals surface area (Å²) in [6.07, 6.45) is -1.71. The van der Waals surface area contributed by atoms with Gasteiger partial charge in [0.05, 0.1) is 12.5 Å². The van der Waals surface area contributed by atoms with Crippen LogP contribution in [0.4, 0.5) is 4.79 Å². The molecule has 0 unspecified atom stereocenters. The zero-order valence-electron chi connectivity index (χ0n) is 5.48. The van der Waals surface area contributed by atoms with Crippen LogP contribution in [0.25, 0.3) is 0 Å². The van der Waals surface area contributed by atoms with E-state index in [9.17, 15) is 14.4 Å². The summed E-state index contributed by atoms with van der Waals surface area (Å²) in [6, 6.07) is -1.16. The second-order valence-electron chi connectivity index (χ2n) is 1.79. The van der Waals surface area contributed by atoms with Gasteiger partial charge in [0.1, 0.15) is 6.29 Å². The summed E-state index contributed by atoms with van der Waals surface area (Å²) in [5.74, 6) is -1.23. The van der Waals surface area contributed by atoms with Crippen molar-refractivity contribution < 1.29 is 24.6 Å². The number of carbonyl (C=O) groups is 3. The minimum absolute atomic E-state index is 0.238. The Balaban J connectivity index is 3.85. The van der Waals surface area contributed by atoms with Crippen LogP contribution in [-0.4, -0.2) is 34.6 Å². The summed E-state index contributed by atoms with van der Waals surface area (Å²) in [5.41, 5.74) is 0. The lowest BCUT2D eigenvalue weighted by molar-refractivity contribution is -0.138. The van der Waals surface area contributed by atoms with Gasteiger partial charge in [-0.15, -0.1) is 0 Å². The van der Waals surface area contributed by atoms with Gasteiger partial charge in [0.2, 0.25) is 0 Å². The van der Waals surface area contributed by atoms with E-state index in [2.05, 4.69) is 0 Å². The Morgan fingerprint density at radius 1 is 1.45 bits per heavy atom. The van der Waals surface area contributed by atoms with Crippen molar-refractivity contribution in [1.29, 1.82) is 0 Å². The number of aliphatic carboxylic acids is 1. The highest BCUT2D eigenvalue weighted by atomic mass is 16.4. The first-order valence-corrected chi connectivity index (χ1v) is 2.72. The van der Waals surface area contributed by atoms with Crippen LogP contribution in [-0.2, 0) is 9.59 Å². The third kappa shape index (κ3) is 4.89. The molecule has 0 radical (unpaired) electrons. The Bertz CT molecular complexity index is 162. The van der Waals surface area contributed by atoms with Gasteiger partial charge >= 0.3 is 12.1 Å². The quantitative estimate of drug-likeness (QED) is 0.473. The van der Waals surface area contributed by atoms with Gasteiger partial charge < -0.3 is 20.3 Å². The topological polar surface area (TPSA) is 104 Å². The number of carboxylic acid groups (broad SMARTS) is 2.